The van der Waals surface area contributed by atoms with Crippen molar-refractivity contribution in [2.45, 2.75) is 19.0 Å². The first-order chi connectivity index (χ1) is 4.93. The van der Waals surface area contributed by atoms with E-state index in [1.165, 1.54) is 0 Å². The first-order valence-electron chi connectivity index (χ1n) is 3.33. The van der Waals surface area contributed by atoms with Gasteiger partial charge in [-0.1, -0.05) is 0 Å². The molecule has 0 aliphatic heterocycles. The summed E-state index contributed by atoms with van der Waals surface area (Å²) in [6.07, 6.45) is -3.65. The summed E-state index contributed by atoms with van der Waals surface area (Å²) >= 11 is 0. The molecule has 1 fully saturated rings. The van der Waals surface area contributed by atoms with Gasteiger partial charge < -0.3 is 5.73 Å². The van der Waals surface area contributed by atoms with E-state index in [4.69, 9.17) is 11.1 Å². The fraction of sp³-hybridized carbons (Fsp3) is 0.833. The van der Waals surface area contributed by atoms with Crippen LogP contribution in [0.15, 0.2) is 0 Å². The van der Waals surface area contributed by atoms with Gasteiger partial charge in [-0.15, -0.1) is 0 Å². The number of rotatable bonds is 1. The molecule has 1 saturated carbocycles. The Morgan fingerprint density at radius 1 is 1.36 bits per heavy atom. The molecule has 0 heterocycles. The molecular weight excluding hydrogens is 157 g/mol. The van der Waals surface area contributed by atoms with E-state index in [9.17, 15) is 13.2 Å². The topological polar surface area (TPSA) is 49.9 Å². The number of nitrogens with two attached hydrogens (primary N) is 1. The number of halogens is 3. The maximum absolute atomic E-state index is 12.0. The third-order valence-corrected chi connectivity index (χ3v) is 2.09. The van der Waals surface area contributed by atoms with Gasteiger partial charge in [0.05, 0.1) is 11.8 Å². The van der Waals surface area contributed by atoms with E-state index in [-0.39, 0.29) is 12.3 Å². The van der Waals surface area contributed by atoms with E-state index in [1.54, 1.807) is 0 Å². The normalized spacial score (nSPS) is 31.2. The Kier molecular flexibility index (Phi) is 1.82. The van der Waals surface area contributed by atoms with Gasteiger partial charge in [-0.2, -0.15) is 13.2 Å². The third-order valence-electron chi connectivity index (χ3n) is 2.09. The van der Waals surface area contributed by atoms with Gasteiger partial charge >= 0.3 is 6.18 Å². The van der Waals surface area contributed by atoms with Crippen LogP contribution in [0.2, 0.25) is 0 Å². The molecule has 0 aromatic rings. The smallest absolute Gasteiger partial charge is 0.387 e. The van der Waals surface area contributed by atoms with Gasteiger partial charge in [0.25, 0.3) is 0 Å². The second-order valence-electron chi connectivity index (χ2n) is 2.79. The molecule has 0 spiro atoms. The third kappa shape index (κ3) is 1.46. The van der Waals surface area contributed by atoms with Gasteiger partial charge in [0, 0.05) is 5.92 Å². The molecule has 11 heavy (non-hydrogen) atoms. The van der Waals surface area contributed by atoms with E-state index >= 15 is 0 Å². The van der Waals surface area contributed by atoms with Crippen LogP contribution >= 0.6 is 0 Å². The van der Waals surface area contributed by atoms with Crippen LogP contribution in [0.5, 0.6) is 0 Å². The Hall–Kier alpha value is -0.740. The molecule has 3 N–H and O–H groups in total. The van der Waals surface area contributed by atoms with Crippen molar-refractivity contribution in [2.75, 3.05) is 0 Å². The zero-order valence-electron chi connectivity index (χ0n) is 5.78. The van der Waals surface area contributed by atoms with Crippen molar-refractivity contribution in [3.8, 4) is 0 Å². The van der Waals surface area contributed by atoms with Crippen molar-refractivity contribution in [2.24, 2.45) is 17.6 Å². The van der Waals surface area contributed by atoms with Crippen LogP contribution < -0.4 is 5.73 Å². The second-order valence-corrected chi connectivity index (χ2v) is 2.79. The molecule has 0 aromatic heterocycles. The second kappa shape index (κ2) is 2.39. The molecule has 5 heteroatoms. The molecule has 0 aromatic carbocycles. The van der Waals surface area contributed by atoms with E-state index < -0.39 is 18.0 Å². The monoisotopic (exact) mass is 166 g/mol. The van der Waals surface area contributed by atoms with Gasteiger partial charge in [0.15, 0.2) is 0 Å². The Labute approximate surface area is 62.1 Å². The molecule has 1 aliphatic carbocycles. The Balaban J connectivity index is 2.57. The predicted octanol–water partition coefficient (Wildman–Crippen LogP) is 1.51. The van der Waals surface area contributed by atoms with E-state index in [0.717, 1.165) is 0 Å². The van der Waals surface area contributed by atoms with Crippen LogP contribution in [-0.2, 0) is 0 Å². The molecule has 0 unspecified atom stereocenters. The molecule has 1 aliphatic rings. The Bertz CT molecular complexity index is 175. The average Bonchev–Trinajstić information content (AvgIpc) is 1.51. The summed E-state index contributed by atoms with van der Waals surface area (Å²) < 4.78 is 35.9. The molecule has 64 valence electrons. The first kappa shape index (κ1) is 8.36. The maximum atomic E-state index is 12.0. The van der Waals surface area contributed by atoms with Gasteiger partial charge in [0.2, 0.25) is 0 Å². The molecule has 0 amide bonds. The maximum Gasteiger partial charge on any atom is 0.392 e. The minimum absolute atomic E-state index is 0.119. The van der Waals surface area contributed by atoms with Crippen LogP contribution in [0.3, 0.4) is 0 Å². The van der Waals surface area contributed by atoms with Crippen molar-refractivity contribution in [1.29, 1.82) is 5.41 Å². The zero-order valence-corrected chi connectivity index (χ0v) is 5.78. The van der Waals surface area contributed by atoms with Crippen molar-refractivity contribution in [3.05, 3.63) is 0 Å². The lowest BCUT2D eigenvalue weighted by molar-refractivity contribution is -0.203. The summed E-state index contributed by atoms with van der Waals surface area (Å²) in [4.78, 5) is 0. The van der Waals surface area contributed by atoms with Crippen LogP contribution in [-0.4, -0.2) is 12.0 Å². The molecule has 2 atom stereocenters. The zero-order chi connectivity index (χ0) is 8.65. The van der Waals surface area contributed by atoms with Gasteiger partial charge in [-0.05, 0) is 12.8 Å². The summed E-state index contributed by atoms with van der Waals surface area (Å²) in [7, 11) is 0. The first-order valence-corrected chi connectivity index (χ1v) is 3.33. The minimum Gasteiger partial charge on any atom is -0.387 e. The summed E-state index contributed by atoms with van der Waals surface area (Å²) in [5, 5.41) is 6.84. The van der Waals surface area contributed by atoms with E-state index in [1.807, 2.05) is 0 Å². The number of nitrogens with one attached hydrogen (secondary N) is 1. The van der Waals surface area contributed by atoms with E-state index in [0.29, 0.717) is 6.42 Å². The minimum atomic E-state index is -4.17. The van der Waals surface area contributed by atoms with Crippen molar-refractivity contribution < 1.29 is 13.2 Å². The van der Waals surface area contributed by atoms with E-state index in [2.05, 4.69) is 0 Å². The highest BCUT2D eigenvalue weighted by Gasteiger charge is 2.50. The fourth-order valence-corrected chi connectivity index (χ4v) is 1.26. The summed E-state index contributed by atoms with van der Waals surface area (Å²) in [6.45, 7) is 0. The lowest BCUT2D eigenvalue weighted by atomic mass is 9.72. The predicted molar refractivity (Wildman–Crippen MR) is 34.2 cm³/mol. The molecule has 0 bridgehead atoms. The molecule has 0 radical (unpaired) electrons. The molecule has 0 saturated heterocycles. The average molecular weight is 166 g/mol. The van der Waals surface area contributed by atoms with Crippen LogP contribution in [0.25, 0.3) is 0 Å². The SMILES string of the molecule is N=C(N)[C@@H]1CC[C@H]1C(F)(F)F. The van der Waals surface area contributed by atoms with Gasteiger partial charge in [0.1, 0.15) is 0 Å². The van der Waals surface area contributed by atoms with Crippen LogP contribution in [0.1, 0.15) is 12.8 Å². The standard InChI is InChI=1S/C6H9F3N2/c7-6(8,9)4-2-1-3(4)5(10)11/h3-4H,1-2H2,(H3,10,11)/t3-,4-/m1/s1. The van der Waals surface area contributed by atoms with Crippen molar-refractivity contribution in [3.63, 3.8) is 0 Å². The number of amidine groups is 1. The lowest BCUT2D eigenvalue weighted by Gasteiger charge is -2.36. The highest BCUT2D eigenvalue weighted by Crippen LogP contribution is 2.45. The number of hydrogen-bond acceptors (Lipinski definition) is 1. The Morgan fingerprint density at radius 3 is 2.00 bits per heavy atom. The molecule has 2 nitrogen and oxygen atoms in total. The molecule has 1 rings (SSSR count). The quantitative estimate of drug-likeness (QED) is 0.450. The van der Waals surface area contributed by atoms with Crippen molar-refractivity contribution in [1.82, 2.24) is 0 Å². The largest absolute Gasteiger partial charge is 0.392 e. The van der Waals surface area contributed by atoms with Gasteiger partial charge in [-0.25, -0.2) is 0 Å². The summed E-state index contributed by atoms with van der Waals surface area (Å²) in [5.41, 5.74) is 4.97. The number of alkyl halides is 3. The summed E-state index contributed by atoms with van der Waals surface area (Å²) in [5.74, 6) is -2.45. The number of hydrogen-bond donors (Lipinski definition) is 2. The highest BCUT2D eigenvalue weighted by molar-refractivity contribution is 5.80. The highest BCUT2D eigenvalue weighted by atomic mass is 19.4. The Morgan fingerprint density at radius 2 is 1.91 bits per heavy atom. The van der Waals surface area contributed by atoms with Crippen LogP contribution in [0.4, 0.5) is 13.2 Å². The summed E-state index contributed by atoms with van der Waals surface area (Å²) in [6, 6.07) is 0. The lowest BCUT2D eigenvalue weighted by Crippen LogP contribution is -2.44. The van der Waals surface area contributed by atoms with Crippen molar-refractivity contribution >= 4 is 5.84 Å². The molecular formula is C6H9F3N2. The van der Waals surface area contributed by atoms with Gasteiger partial charge in [-0.3, -0.25) is 5.41 Å². The van der Waals surface area contributed by atoms with Crippen LogP contribution in [0, 0.1) is 17.2 Å². The fourth-order valence-electron chi connectivity index (χ4n) is 1.26.